The molecule has 3 aromatic carbocycles. The van der Waals surface area contributed by atoms with Gasteiger partial charge in [-0.25, -0.2) is 14.4 Å². The number of hydrogen-bond acceptors (Lipinski definition) is 10. The predicted molar refractivity (Wildman–Crippen MR) is 166 cm³/mol. The van der Waals surface area contributed by atoms with Gasteiger partial charge in [0.1, 0.15) is 30.5 Å². The Balaban J connectivity index is 1.37. The molecule has 0 aliphatic rings. The van der Waals surface area contributed by atoms with Crippen molar-refractivity contribution in [2.75, 3.05) is 33.0 Å². The summed E-state index contributed by atoms with van der Waals surface area (Å²) in [7, 11) is 0. The van der Waals surface area contributed by atoms with Crippen molar-refractivity contribution in [3.63, 3.8) is 0 Å². The quantitative estimate of drug-likeness (QED) is 0.0562. The molecule has 236 valence electrons. The van der Waals surface area contributed by atoms with Crippen LogP contribution in [0, 0.1) is 0 Å². The largest absolute Gasteiger partial charge is 0.493 e. The van der Waals surface area contributed by atoms with Gasteiger partial charge in [-0.15, -0.1) is 0 Å². The molecule has 0 aliphatic heterocycles. The molecule has 0 saturated heterocycles. The molecule has 0 bridgehead atoms. The Kier molecular flexibility index (Phi) is 13.9. The van der Waals surface area contributed by atoms with E-state index in [1.807, 2.05) is 43.3 Å². The number of ether oxygens (including phenoxy) is 6. The van der Waals surface area contributed by atoms with Crippen molar-refractivity contribution < 1.29 is 47.6 Å². The highest BCUT2D eigenvalue weighted by Gasteiger charge is 2.14. The lowest BCUT2D eigenvalue weighted by Gasteiger charge is -2.10. The smallest absolute Gasteiger partial charge is 0.343 e. The van der Waals surface area contributed by atoms with Gasteiger partial charge < -0.3 is 28.4 Å². The monoisotopic (exact) mass is 616 g/mol. The summed E-state index contributed by atoms with van der Waals surface area (Å²) < 4.78 is 31.6. The minimum atomic E-state index is -0.646. The highest BCUT2D eigenvalue weighted by Crippen LogP contribution is 2.24. The number of hydrogen-bond donors (Lipinski definition) is 0. The van der Waals surface area contributed by atoms with Crippen LogP contribution in [0.5, 0.6) is 17.2 Å². The summed E-state index contributed by atoms with van der Waals surface area (Å²) in [4.78, 5) is 47.2. The van der Waals surface area contributed by atoms with Crippen molar-refractivity contribution in [2.24, 2.45) is 0 Å². The number of carbonyl (C=O) groups excluding carboxylic acids is 4. The highest BCUT2D eigenvalue weighted by molar-refractivity contribution is 5.93. The first-order valence-electron chi connectivity index (χ1n) is 14.4. The summed E-state index contributed by atoms with van der Waals surface area (Å²) in [5, 5.41) is 0. The number of carbonyl (C=O) groups is 4. The van der Waals surface area contributed by atoms with E-state index >= 15 is 0 Å². The molecule has 45 heavy (non-hydrogen) atoms. The lowest BCUT2D eigenvalue weighted by atomic mass is 10.0. The van der Waals surface area contributed by atoms with Crippen LogP contribution in [0.4, 0.5) is 0 Å². The summed E-state index contributed by atoms with van der Waals surface area (Å²) in [6, 6.07) is 21.0. The van der Waals surface area contributed by atoms with E-state index in [0.717, 1.165) is 17.2 Å². The molecule has 0 aliphatic carbocycles. The lowest BCUT2D eigenvalue weighted by molar-refractivity contribution is -0.146. The summed E-state index contributed by atoms with van der Waals surface area (Å²) >= 11 is 0. The van der Waals surface area contributed by atoms with Crippen LogP contribution in [-0.4, -0.2) is 56.9 Å². The van der Waals surface area contributed by atoms with Gasteiger partial charge in [0, 0.05) is 18.1 Å². The maximum Gasteiger partial charge on any atom is 0.343 e. The van der Waals surface area contributed by atoms with Crippen LogP contribution in [0.3, 0.4) is 0 Å². The fourth-order valence-electron chi connectivity index (χ4n) is 3.70. The third-order valence-corrected chi connectivity index (χ3v) is 6.01. The summed E-state index contributed by atoms with van der Waals surface area (Å²) in [5.41, 5.74) is 2.27. The number of rotatable bonds is 18. The molecule has 3 rings (SSSR count). The van der Waals surface area contributed by atoms with Crippen molar-refractivity contribution in [3.8, 4) is 28.4 Å². The zero-order valence-electron chi connectivity index (χ0n) is 25.2. The van der Waals surface area contributed by atoms with Crippen molar-refractivity contribution in [3.05, 3.63) is 103 Å². The Morgan fingerprint density at radius 3 is 1.87 bits per heavy atom. The first-order valence-corrected chi connectivity index (χ1v) is 14.4. The predicted octanol–water partition coefficient (Wildman–Crippen LogP) is 5.89. The summed E-state index contributed by atoms with van der Waals surface area (Å²) in [6.07, 6.45) is 2.02. The Bertz CT molecular complexity index is 1440. The number of benzene rings is 3. The van der Waals surface area contributed by atoms with Gasteiger partial charge in [0.15, 0.2) is 0 Å². The second-order valence-electron chi connectivity index (χ2n) is 9.52. The molecule has 0 aromatic heterocycles. The van der Waals surface area contributed by atoms with E-state index < -0.39 is 23.9 Å². The van der Waals surface area contributed by atoms with Gasteiger partial charge in [-0.05, 0) is 66.1 Å². The van der Waals surface area contributed by atoms with Crippen molar-refractivity contribution in [1.82, 2.24) is 0 Å². The Hall–Kier alpha value is -5.38. The molecule has 0 atom stereocenters. The van der Waals surface area contributed by atoms with E-state index in [1.165, 1.54) is 0 Å². The minimum absolute atomic E-state index is 0.0401. The van der Waals surface area contributed by atoms with E-state index in [9.17, 15) is 19.2 Å². The normalized spacial score (nSPS) is 10.2. The second kappa shape index (κ2) is 18.3. The van der Waals surface area contributed by atoms with Crippen LogP contribution in [0.1, 0.15) is 36.5 Å². The van der Waals surface area contributed by atoms with E-state index in [2.05, 4.69) is 13.2 Å². The molecule has 0 saturated carbocycles. The molecule has 0 heterocycles. The third-order valence-electron chi connectivity index (χ3n) is 6.01. The van der Waals surface area contributed by atoms with Gasteiger partial charge in [-0.1, -0.05) is 44.3 Å². The van der Waals surface area contributed by atoms with Gasteiger partial charge in [-0.3, -0.25) is 4.79 Å². The Labute approximate surface area is 262 Å². The van der Waals surface area contributed by atoms with Gasteiger partial charge in [0.25, 0.3) is 0 Å². The van der Waals surface area contributed by atoms with Crippen molar-refractivity contribution in [2.45, 2.75) is 26.2 Å². The average molecular weight is 617 g/mol. The fraction of sp³-hybridized carbons (Fsp3) is 0.257. The third kappa shape index (κ3) is 12.0. The fourth-order valence-corrected chi connectivity index (χ4v) is 3.70. The van der Waals surface area contributed by atoms with Crippen LogP contribution in [0.25, 0.3) is 11.1 Å². The van der Waals surface area contributed by atoms with E-state index in [1.54, 1.807) is 36.4 Å². The Morgan fingerprint density at radius 1 is 0.667 bits per heavy atom. The van der Waals surface area contributed by atoms with Crippen molar-refractivity contribution >= 4 is 23.9 Å². The summed E-state index contributed by atoms with van der Waals surface area (Å²) in [5.74, 6) is -0.605. The molecule has 10 nitrogen and oxygen atoms in total. The van der Waals surface area contributed by atoms with Gasteiger partial charge in [0.05, 0.1) is 31.8 Å². The van der Waals surface area contributed by atoms with E-state index in [0.29, 0.717) is 42.3 Å². The Morgan fingerprint density at radius 2 is 1.24 bits per heavy atom. The van der Waals surface area contributed by atoms with E-state index in [-0.39, 0.29) is 38.4 Å². The van der Waals surface area contributed by atoms with E-state index in [4.69, 9.17) is 28.4 Å². The average Bonchev–Trinajstić information content (AvgIpc) is 3.06. The molecule has 0 N–H and O–H groups in total. The first kappa shape index (κ1) is 34.1. The van der Waals surface area contributed by atoms with Gasteiger partial charge in [-0.2, -0.15) is 0 Å². The van der Waals surface area contributed by atoms with Crippen LogP contribution in [0.15, 0.2) is 97.6 Å². The van der Waals surface area contributed by atoms with Crippen LogP contribution in [-0.2, 0) is 28.6 Å². The zero-order valence-corrected chi connectivity index (χ0v) is 25.2. The standard InChI is InChI=1S/C35H36O10/c1-4-19-42-33(37)24-25(3)34(38)44-21-6-20-40-30-15-17-31(18-16-30)45-35(39)28-9-7-26(8-10-28)27-11-13-29(14-12-27)41-22-23-43-32(36)5-2/h5,7-18H,2-4,6,19-24H2,1H3. The topological polar surface area (TPSA) is 124 Å². The molecule has 3 aromatic rings. The van der Waals surface area contributed by atoms with Crippen LogP contribution >= 0.6 is 0 Å². The lowest BCUT2D eigenvalue weighted by Crippen LogP contribution is -2.14. The van der Waals surface area contributed by atoms with Gasteiger partial charge >= 0.3 is 23.9 Å². The maximum absolute atomic E-state index is 12.7. The molecular weight excluding hydrogens is 580 g/mol. The molecule has 10 heteroatoms. The van der Waals surface area contributed by atoms with Gasteiger partial charge in [0.2, 0.25) is 0 Å². The first-order chi connectivity index (χ1) is 21.8. The SMILES string of the molecule is C=CC(=O)OCCOc1ccc(-c2ccc(C(=O)Oc3ccc(OCCCOC(=O)C(=C)CC(=O)OCCC)cc3)cc2)cc1. The second-order valence-corrected chi connectivity index (χ2v) is 9.52. The van der Waals surface area contributed by atoms with Crippen LogP contribution in [0.2, 0.25) is 0 Å². The zero-order chi connectivity index (χ0) is 32.4. The molecule has 0 unspecified atom stereocenters. The highest BCUT2D eigenvalue weighted by atomic mass is 16.6. The summed E-state index contributed by atoms with van der Waals surface area (Å²) in [6.45, 7) is 9.82. The molecule has 0 radical (unpaired) electrons. The molecule has 0 fully saturated rings. The molecule has 0 amide bonds. The number of esters is 4. The van der Waals surface area contributed by atoms with Crippen molar-refractivity contribution in [1.29, 1.82) is 0 Å². The maximum atomic E-state index is 12.7. The minimum Gasteiger partial charge on any atom is -0.493 e. The molecule has 0 spiro atoms. The van der Waals surface area contributed by atoms with Crippen LogP contribution < -0.4 is 14.2 Å². The molecular formula is C35H36O10.